The highest BCUT2D eigenvalue weighted by atomic mass is 35.5. The van der Waals surface area contributed by atoms with Gasteiger partial charge in [-0.05, 0) is 24.3 Å². The van der Waals surface area contributed by atoms with Gasteiger partial charge >= 0.3 is 0 Å². The number of halogens is 2. The molecule has 0 amide bonds. The monoisotopic (exact) mass is 249 g/mol. The van der Waals surface area contributed by atoms with Crippen molar-refractivity contribution in [1.29, 1.82) is 0 Å². The van der Waals surface area contributed by atoms with Gasteiger partial charge in [-0.3, -0.25) is 9.78 Å². The van der Waals surface area contributed by atoms with Gasteiger partial charge in [0.1, 0.15) is 0 Å². The lowest BCUT2D eigenvalue weighted by Crippen LogP contribution is -1.94. The first-order valence-electron chi connectivity index (χ1n) is 4.67. The Hall–Kier alpha value is -1.38. The zero-order valence-electron chi connectivity index (χ0n) is 8.00. The molecule has 1 aliphatic carbocycles. The summed E-state index contributed by atoms with van der Waals surface area (Å²) in [5, 5.41) is 0.929. The fourth-order valence-electron chi connectivity index (χ4n) is 1.93. The molecule has 0 radical (unpaired) electrons. The standard InChI is InChI=1S/C12H5Cl2NO/c13-6-4-8-10(9(14)5-6)11-7(12(8)16)2-1-3-15-11/h1-5H. The maximum absolute atomic E-state index is 12.0. The molecule has 0 bridgehead atoms. The van der Waals surface area contributed by atoms with Gasteiger partial charge in [0, 0.05) is 27.9 Å². The number of ketones is 1. The van der Waals surface area contributed by atoms with Crippen molar-refractivity contribution >= 4 is 29.0 Å². The third kappa shape index (κ3) is 1.20. The van der Waals surface area contributed by atoms with Crippen LogP contribution in [0.25, 0.3) is 11.3 Å². The van der Waals surface area contributed by atoms with Crippen molar-refractivity contribution in [2.45, 2.75) is 0 Å². The van der Waals surface area contributed by atoms with E-state index >= 15 is 0 Å². The quantitative estimate of drug-likeness (QED) is 0.610. The van der Waals surface area contributed by atoms with E-state index in [1.807, 2.05) is 0 Å². The average molecular weight is 250 g/mol. The van der Waals surface area contributed by atoms with Gasteiger partial charge in [-0.2, -0.15) is 0 Å². The lowest BCUT2D eigenvalue weighted by atomic mass is 10.1. The van der Waals surface area contributed by atoms with Crippen LogP contribution in [0.4, 0.5) is 0 Å². The molecule has 0 saturated heterocycles. The smallest absolute Gasteiger partial charge is 0.196 e. The summed E-state index contributed by atoms with van der Waals surface area (Å²) in [6.07, 6.45) is 1.64. The van der Waals surface area contributed by atoms with Crippen molar-refractivity contribution in [3.05, 3.63) is 51.6 Å². The van der Waals surface area contributed by atoms with Gasteiger partial charge in [-0.25, -0.2) is 0 Å². The normalized spacial score (nSPS) is 12.5. The first kappa shape index (κ1) is 9.82. The van der Waals surface area contributed by atoms with E-state index in [1.165, 1.54) is 0 Å². The van der Waals surface area contributed by atoms with Crippen LogP contribution in [0.3, 0.4) is 0 Å². The highest BCUT2D eigenvalue weighted by molar-refractivity contribution is 6.39. The zero-order chi connectivity index (χ0) is 11.3. The minimum atomic E-state index is -0.0671. The molecule has 0 unspecified atom stereocenters. The van der Waals surface area contributed by atoms with Crippen LogP contribution in [0, 0.1) is 0 Å². The molecule has 0 saturated carbocycles. The van der Waals surface area contributed by atoms with Crippen LogP contribution in [0.1, 0.15) is 15.9 Å². The van der Waals surface area contributed by atoms with E-state index in [0.717, 1.165) is 0 Å². The van der Waals surface area contributed by atoms with Crippen LogP contribution in [0.5, 0.6) is 0 Å². The first-order valence-corrected chi connectivity index (χ1v) is 5.43. The van der Waals surface area contributed by atoms with E-state index in [4.69, 9.17) is 23.2 Å². The van der Waals surface area contributed by atoms with Crippen LogP contribution in [0.15, 0.2) is 30.5 Å². The molecule has 78 valence electrons. The van der Waals surface area contributed by atoms with Crippen molar-refractivity contribution in [2.24, 2.45) is 0 Å². The highest BCUT2D eigenvalue weighted by Crippen LogP contribution is 2.41. The van der Waals surface area contributed by atoms with E-state index in [2.05, 4.69) is 4.98 Å². The van der Waals surface area contributed by atoms with Crippen molar-refractivity contribution in [3.63, 3.8) is 0 Å². The minimum absolute atomic E-state index is 0.0671. The molecule has 0 aliphatic heterocycles. The molecule has 3 rings (SSSR count). The number of carbonyl (C=O) groups is 1. The second-order valence-corrected chi connectivity index (χ2v) is 4.38. The number of benzene rings is 1. The number of hydrogen-bond acceptors (Lipinski definition) is 2. The van der Waals surface area contributed by atoms with Crippen LogP contribution >= 0.6 is 23.2 Å². The molecule has 0 fully saturated rings. The van der Waals surface area contributed by atoms with Gasteiger partial charge in [0.05, 0.1) is 10.7 Å². The molecule has 1 aromatic carbocycles. The molecular formula is C12H5Cl2NO. The summed E-state index contributed by atoms with van der Waals surface area (Å²) >= 11 is 12.0. The molecule has 2 aromatic rings. The Morgan fingerprint density at radius 1 is 1.12 bits per heavy atom. The average Bonchev–Trinajstić information content (AvgIpc) is 2.54. The molecule has 1 aliphatic rings. The predicted molar refractivity (Wildman–Crippen MR) is 63.1 cm³/mol. The van der Waals surface area contributed by atoms with Crippen molar-refractivity contribution in [2.75, 3.05) is 0 Å². The summed E-state index contributed by atoms with van der Waals surface area (Å²) < 4.78 is 0. The van der Waals surface area contributed by atoms with Crippen LogP contribution in [0.2, 0.25) is 10.0 Å². The summed E-state index contributed by atoms with van der Waals surface area (Å²) in [7, 11) is 0. The van der Waals surface area contributed by atoms with Gasteiger partial charge < -0.3 is 0 Å². The number of pyridine rings is 1. The second-order valence-electron chi connectivity index (χ2n) is 3.54. The molecule has 1 aromatic heterocycles. The topological polar surface area (TPSA) is 30.0 Å². The maximum Gasteiger partial charge on any atom is 0.196 e. The van der Waals surface area contributed by atoms with E-state index < -0.39 is 0 Å². The van der Waals surface area contributed by atoms with Crippen LogP contribution in [-0.4, -0.2) is 10.8 Å². The predicted octanol–water partition coefficient (Wildman–Crippen LogP) is 3.60. The maximum atomic E-state index is 12.0. The Labute approximate surface area is 102 Å². The molecule has 0 atom stereocenters. The van der Waals surface area contributed by atoms with Gasteiger partial charge in [0.2, 0.25) is 0 Å². The number of rotatable bonds is 0. The lowest BCUT2D eigenvalue weighted by molar-refractivity contribution is 0.104. The third-order valence-corrected chi connectivity index (χ3v) is 3.11. The van der Waals surface area contributed by atoms with Gasteiger partial charge in [-0.1, -0.05) is 23.2 Å². The van der Waals surface area contributed by atoms with Crippen molar-refractivity contribution in [1.82, 2.24) is 4.98 Å². The lowest BCUT2D eigenvalue weighted by Gasteiger charge is -2.02. The molecule has 4 heteroatoms. The number of aromatic nitrogens is 1. The van der Waals surface area contributed by atoms with Crippen molar-refractivity contribution < 1.29 is 4.79 Å². The first-order chi connectivity index (χ1) is 7.68. The number of nitrogens with zero attached hydrogens (tertiary/aromatic N) is 1. The molecule has 0 spiro atoms. The Morgan fingerprint density at radius 2 is 1.94 bits per heavy atom. The minimum Gasteiger partial charge on any atom is -0.289 e. The van der Waals surface area contributed by atoms with E-state index in [1.54, 1.807) is 30.5 Å². The number of hydrogen-bond donors (Lipinski definition) is 0. The Bertz CT molecular complexity index is 622. The van der Waals surface area contributed by atoms with E-state index in [-0.39, 0.29) is 5.78 Å². The molecule has 16 heavy (non-hydrogen) atoms. The van der Waals surface area contributed by atoms with Gasteiger partial charge in [-0.15, -0.1) is 0 Å². The SMILES string of the molecule is O=C1c2cccnc2-c2c(Cl)cc(Cl)cc21. The Kier molecular flexibility index (Phi) is 2.03. The molecule has 0 N–H and O–H groups in total. The van der Waals surface area contributed by atoms with Crippen LogP contribution < -0.4 is 0 Å². The number of fused-ring (bicyclic) bond motifs is 3. The summed E-state index contributed by atoms with van der Waals surface area (Å²) in [6.45, 7) is 0. The van der Waals surface area contributed by atoms with E-state index in [0.29, 0.717) is 32.4 Å². The largest absolute Gasteiger partial charge is 0.289 e. The fourth-order valence-corrected chi connectivity index (χ4v) is 2.51. The highest BCUT2D eigenvalue weighted by Gasteiger charge is 2.29. The van der Waals surface area contributed by atoms with Crippen molar-refractivity contribution in [3.8, 4) is 11.3 Å². The molecule has 1 heterocycles. The summed E-state index contributed by atoms with van der Waals surface area (Å²) in [5.41, 5.74) is 2.45. The third-order valence-electron chi connectivity index (χ3n) is 2.59. The summed E-state index contributed by atoms with van der Waals surface area (Å²) in [6, 6.07) is 6.73. The number of carbonyl (C=O) groups excluding carboxylic acids is 1. The molecular weight excluding hydrogens is 245 g/mol. The summed E-state index contributed by atoms with van der Waals surface area (Å²) in [5.74, 6) is -0.0671. The second kappa shape index (κ2) is 3.30. The van der Waals surface area contributed by atoms with E-state index in [9.17, 15) is 4.79 Å². The van der Waals surface area contributed by atoms with Gasteiger partial charge in [0.15, 0.2) is 5.78 Å². The fraction of sp³-hybridized carbons (Fsp3) is 0. The Morgan fingerprint density at radius 3 is 2.75 bits per heavy atom. The van der Waals surface area contributed by atoms with Gasteiger partial charge in [0.25, 0.3) is 0 Å². The molecule has 2 nitrogen and oxygen atoms in total. The Balaban J connectivity index is 2.43. The summed E-state index contributed by atoms with van der Waals surface area (Å²) in [4.78, 5) is 16.2. The van der Waals surface area contributed by atoms with Crippen LogP contribution in [-0.2, 0) is 0 Å². The zero-order valence-corrected chi connectivity index (χ0v) is 9.51.